The highest BCUT2D eigenvalue weighted by Gasteiger charge is 2.26. The summed E-state index contributed by atoms with van der Waals surface area (Å²) in [4.78, 5) is 34.3. The van der Waals surface area contributed by atoms with Crippen molar-refractivity contribution in [2.75, 3.05) is 23.7 Å². The van der Waals surface area contributed by atoms with Crippen LogP contribution in [0.1, 0.15) is 40.5 Å². The molecule has 33 heavy (non-hydrogen) atoms. The number of amides is 2. The van der Waals surface area contributed by atoms with Crippen LogP contribution >= 0.6 is 11.3 Å². The van der Waals surface area contributed by atoms with E-state index in [0.29, 0.717) is 18.2 Å². The topological polar surface area (TPSA) is 96.5 Å². The number of thiazole rings is 1. The van der Waals surface area contributed by atoms with Crippen molar-refractivity contribution in [1.82, 2.24) is 14.9 Å². The molecule has 1 aliphatic heterocycles. The molecule has 174 valence electrons. The summed E-state index contributed by atoms with van der Waals surface area (Å²) >= 11 is 1.45. The molecule has 0 radical (unpaired) electrons. The van der Waals surface area contributed by atoms with Crippen LogP contribution in [0, 0.1) is 0 Å². The molecular formula is C24H29N5O3S. The largest absolute Gasteiger partial charge is 0.444 e. The van der Waals surface area contributed by atoms with Gasteiger partial charge in [-0.3, -0.25) is 4.79 Å². The molecule has 8 nitrogen and oxygen atoms in total. The highest BCUT2D eigenvalue weighted by atomic mass is 32.1. The lowest BCUT2D eigenvalue weighted by Gasteiger charge is -2.33. The minimum Gasteiger partial charge on any atom is -0.444 e. The molecule has 1 aromatic carbocycles. The van der Waals surface area contributed by atoms with E-state index in [4.69, 9.17) is 4.74 Å². The number of hydrogen-bond donors (Lipinski definition) is 2. The third kappa shape index (κ3) is 5.98. The van der Waals surface area contributed by atoms with Gasteiger partial charge in [0.15, 0.2) is 5.13 Å². The molecule has 0 atom stereocenters. The average molecular weight is 468 g/mol. The Morgan fingerprint density at radius 2 is 1.85 bits per heavy atom. The number of carbonyl (C=O) groups excluding carboxylic acids is 2. The summed E-state index contributed by atoms with van der Waals surface area (Å²) in [5.41, 5.74) is 2.44. The number of rotatable bonds is 4. The Kier molecular flexibility index (Phi) is 6.51. The number of anilines is 2. The number of carbonyl (C=O) groups is 2. The maximum Gasteiger partial charge on any atom is 0.410 e. The Hall–Kier alpha value is -3.20. The zero-order chi connectivity index (χ0) is 23.6. The smallest absolute Gasteiger partial charge is 0.410 e. The zero-order valence-electron chi connectivity index (χ0n) is 19.3. The number of likely N-dealkylation sites (tertiary alicyclic amines) is 1. The van der Waals surface area contributed by atoms with Crippen LogP contribution in [0.2, 0.25) is 0 Å². The minimum atomic E-state index is -0.476. The van der Waals surface area contributed by atoms with Gasteiger partial charge < -0.3 is 20.3 Å². The second-order valence-corrected chi connectivity index (χ2v) is 10.2. The van der Waals surface area contributed by atoms with E-state index in [9.17, 15) is 9.59 Å². The number of hydrogen-bond acceptors (Lipinski definition) is 7. The average Bonchev–Trinajstić information content (AvgIpc) is 3.14. The first kappa shape index (κ1) is 23.0. The van der Waals surface area contributed by atoms with Gasteiger partial charge in [-0.2, -0.15) is 0 Å². The molecule has 3 heterocycles. The third-order valence-electron chi connectivity index (χ3n) is 5.27. The number of nitrogens with zero attached hydrogens (tertiary/aromatic N) is 3. The number of pyridine rings is 1. The second kappa shape index (κ2) is 9.35. The zero-order valence-corrected chi connectivity index (χ0v) is 20.2. The fourth-order valence-corrected chi connectivity index (χ4v) is 4.65. The quantitative estimate of drug-likeness (QED) is 0.552. The molecule has 0 unspecified atom stereocenters. The van der Waals surface area contributed by atoms with E-state index in [2.05, 4.69) is 26.7 Å². The normalized spacial score (nSPS) is 14.8. The first-order valence-corrected chi connectivity index (χ1v) is 11.9. The van der Waals surface area contributed by atoms with Gasteiger partial charge in [0, 0.05) is 37.8 Å². The van der Waals surface area contributed by atoms with E-state index in [0.717, 1.165) is 40.0 Å². The van der Waals surface area contributed by atoms with Crippen molar-refractivity contribution in [3.63, 3.8) is 0 Å². The van der Waals surface area contributed by atoms with Gasteiger partial charge in [0.05, 0.1) is 10.2 Å². The highest BCUT2D eigenvalue weighted by molar-refractivity contribution is 7.22. The summed E-state index contributed by atoms with van der Waals surface area (Å²) in [6.07, 6.45) is 3.31. The van der Waals surface area contributed by atoms with Crippen molar-refractivity contribution < 1.29 is 14.3 Å². The molecule has 3 aromatic rings. The number of aromatic nitrogens is 2. The van der Waals surface area contributed by atoms with Gasteiger partial charge in [-0.05, 0) is 63.4 Å². The molecular weight excluding hydrogens is 438 g/mol. The van der Waals surface area contributed by atoms with Crippen LogP contribution in [-0.4, -0.2) is 51.6 Å². The van der Waals surface area contributed by atoms with E-state index in [1.165, 1.54) is 18.3 Å². The van der Waals surface area contributed by atoms with Crippen molar-refractivity contribution in [3.05, 3.63) is 36.5 Å². The molecule has 0 spiro atoms. The molecule has 2 N–H and O–H groups in total. The second-order valence-electron chi connectivity index (χ2n) is 9.20. The maximum absolute atomic E-state index is 12.2. The van der Waals surface area contributed by atoms with E-state index in [1.807, 2.05) is 51.2 Å². The number of piperidine rings is 1. The molecule has 4 rings (SSSR count). The number of ether oxygens (including phenoxy) is 1. The van der Waals surface area contributed by atoms with E-state index < -0.39 is 5.60 Å². The summed E-state index contributed by atoms with van der Waals surface area (Å²) < 4.78 is 6.47. The lowest BCUT2D eigenvalue weighted by atomic mass is 10.1. The van der Waals surface area contributed by atoms with Crippen LogP contribution in [0.3, 0.4) is 0 Å². The van der Waals surface area contributed by atoms with Gasteiger partial charge >= 0.3 is 6.09 Å². The van der Waals surface area contributed by atoms with Crippen molar-refractivity contribution in [2.45, 2.75) is 52.2 Å². The monoisotopic (exact) mass is 467 g/mol. The van der Waals surface area contributed by atoms with Gasteiger partial charge in [-0.25, -0.2) is 14.8 Å². The lowest BCUT2D eigenvalue weighted by Crippen LogP contribution is -2.44. The Bertz CT molecular complexity index is 1150. The summed E-state index contributed by atoms with van der Waals surface area (Å²) in [6, 6.07) is 10.3. The first-order valence-electron chi connectivity index (χ1n) is 11.1. The van der Waals surface area contributed by atoms with E-state index in [1.54, 1.807) is 4.90 Å². The fourth-order valence-electron chi connectivity index (χ4n) is 3.70. The van der Waals surface area contributed by atoms with E-state index >= 15 is 0 Å². The van der Waals surface area contributed by atoms with Crippen LogP contribution in [0.4, 0.5) is 15.7 Å². The molecule has 2 amide bonds. The molecule has 1 saturated heterocycles. The van der Waals surface area contributed by atoms with Gasteiger partial charge in [-0.15, -0.1) is 0 Å². The Morgan fingerprint density at radius 1 is 1.12 bits per heavy atom. The van der Waals surface area contributed by atoms with Crippen LogP contribution < -0.4 is 10.6 Å². The van der Waals surface area contributed by atoms with Gasteiger partial charge in [0.1, 0.15) is 11.4 Å². The maximum atomic E-state index is 12.2. The van der Waals surface area contributed by atoms with Gasteiger partial charge in [0.25, 0.3) is 0 Å². The molecule has 1 fully saturated rings. The van der Waals surface area contributed by atoms with Crippen molar-refractivity contribution in [2.24, 2.45) is 0 Å². The van der Waals surface area contributed by atoms with Gasteiger partial charge in [-0.1, -0.05) is 17.4 Å². The van der Waals surface area contributed by atoms with Crippen molar-refractivity contribution in [3.8, 4) is 11.1 Å². The number of nitrogens with one attached hydrogen (secondary N) is 2. The molecule has 0 aliphatic carbocycles. The molecule has 9 heteroatoms. The summed E-state index contributed by atoms with van der Waals surface area (Å²) in [5, 5.41) is 6.82. The molecule has 0 bridgehead atoms. The summed E-state index contributed by atoms with van der Waals surface area (Å²) in [6.45, 7) is 8.45. The third-order valence-corrected chi connectivity index (χ3v) is 6.20. The standard InChI is InChI=1S/C24H29N5O3S/c1-15(30)26-22-28-19-7-5-16(13-20(19)33-22)17-6-8-21(25-14-17)27-18-9-11-29(12-10-18)23(31)32-24(2,3)4/h5-8,13-14,18H,9-12H2,1-4H3,(H,25,27)(H,26,28,30). The van der Waals surface area contributed by atoms with Crippen molar-refractivity contribution in [1.29, 1.82) is 0 Å². The Labute approximate surface area is 197 Å². The first-order chi connectivity index (χ1) is 15.7. The molecule has 2 aromatic heterocycles. The predicted octanol–water partition coefficient (Wildman–Crippen LogP) is 5.13. The van der Waals surface area contributed by atoms with Crippen molar-refractivity contribution >= 4 is 44.5 Å². The van der Waals surface area contributed by atoms with Crippen LogP contribution in [0.15, 0.2) is 36.5 Å². The number of fused-ring (bicyclic) bond motifs is 1. The highest BCUT2D eigenvalue weighted by Crippen LogP contribution is 2.30. The Balaban J connectivity index is 1.35. The SMILES string of the molecule is CC(=O)Nc1nc2ccc(-c3ccc(NC4CCN(C(=O)OC(C)(C)C)CC4)nc3)cc2s1. The molecule has 0 saturated carbocycles. The van der Waals surface area contributed by atoms with Crippen LogP contribution in [0.5, 0.6) is 0 Å². The predicted molar refractivity (Wildman–Crippen MR) is 132 cm³/mol. The lowest BCUT2D eigenvalue weighted by molar-refractivity contribution is -0.114. The number of benzene rings is 1. The van der Waals surface area contributed by atoms with Crippen LogP contribution in [0.25, 0.3) is 21.3 Å². The summed E-state index contributed by atoms with van der Waals surface area (Å²) in [5.74, 6) is 0.693. The summed E-state index contributed by atoms with van der Waals surface area (Å²) in [7, 11) is 0. The van der Waals surface area contributed by atoms with E-state index in [-0.39, 0.29) is 18.0 Å². The minimum absolute atomic E-state index is 0.128. The molecule has 1 aliphatic rings. The Morgan fingerprint density at radius 3 is 2.48 bits per heavy atom. The fraction of sp³-hybridized carbons (Fsp3) is 0.417. The van der Waals surface area contributed by atoms with Gasteiger partial charge in [0.2, 0.25) is 5.91 Å². The van der Waals surface area contributed by atoms with Crippen LogP contribution in [-0.2, 0) is 9.53 Å².